The fraction of sp³-hybridized carbons (Fsp3) is 0.800. The van der Waals surface area contributed by atoms with Crippen LogP contribution in [0.3, 0.4) is 0 Å². The molecule has 1 atom stereocenters. The maximum Gasteiger partial charge on any atom is 0.189 e. The fourth-order valence-electron chi connectivity index (χ4n) is 0.638. The van der Waals surface area contributed by atoms with Crippen LogP contribution in [0.5, 0.6) is 0 Å². The van der Waals surface area contributed by atoms with Crippen LogP contribution in [-0.4, -0.2) is 10.9 Å². The molecule has 0 aromatic rings. The first-order valence-corrected chi connectivity index (χ1v) is 3.43. The smallest absolute Gasteiger partial charge is 0.189 e. The molecule has 1 aliphatic heterocycles. The van der Waals surface area contributed by atoms with Gasteiger partial charge in [0.05, 0.1) is 0 Å². The molecule has 1 saturated heterocycles. The molecule has 0 spiro atoms. The quantitative estimate of drug-likeness (QED) is 0.474. The Hall–Kier alpha value is 0.0200. The van der Waals surface area contributed by atoms with Gasteiger partial charge in [-0.3, -0.25) is 4.79 Å². The summed E-state index contributed by atoms with van der Waals surface area (Å²) in [7, 11) is 0. The van der Waals surface area contributed by atoms with E-state index in [0.29, 0.717) is 11.0 Å². The maximum absolute atomic E-state index is 10.4. The van der Waals surface area contributed by atoms with Gasteiger partial charge in [0.15, 0.2) is 5.12 Å². The van der Waals surface area contributed by atoms with Crippen molar-refractivity contribution in [1.82, 2.24) is 0 Å². The highest BCUT2D eigenvalue weighted by molar-refractivity contribution is 8.14. The van der Waals surface area contributed by atoms with Crippen LogP contribution in [-0.2, 0) is 4.79 Å². The van der Waals surface area contributed by atoms with Crippen LogP contribution in [0.1, 0.15) is 13.3 Å². The third-order valence-corrected chi connectivity index (χ3v) is 2.27. The van der Waals surface area contributed by atoms with E-state index in [1.807, 2.05) is 0 Å². The van der Waals surface area contributed by atoms with Crippen molar-refractivity contribution in [2.75, 3.05) is 5.75 Å². The topological polar surface area (TPSA) is 17.1 Å². The van der Waals surface area contributed by atoms with E-state index in [9.17, 15) is 4.79 Å². The van der Waals surface area contributed by atoms with Crippen molar-refractivity contribution in [2.45, 2.75) is 13.3 Å². The molecule has 1 unspecified atom stereocenters. The second kappa shape index (κ2) is 1.86. The Morgan fingerprint density at radius 2 is 2.57 bits per heavy atom. The van der Waals surface area contributed by atoms with E-state index >= 15 is 0 Å². The highest BCUT2D eigenvalue weighted by Gasteiger charge is 2.17. The minimum atomic E-state index is 0.368. The average Bonchev–Trinajstić information content (AvgIpc) is 1.87. The summed E-state index contributed by atoms with van der Waals surface area (Å²) in [6.45, 7) is 2.11. The van der Waals surface area contributed by atoms with E-state index in [1.165, 1.54) is 11.8 Å². The number of thioether (sulfide) groups is 1. The SMILES string of the molecule is CC1CSC(=O)C1. The highest BCUT2D eigenvalue weighted by atomic mass is 32.2. The van der Waals surface area contributed by atoms with Crippen molar-refractivity contribution in [2.24, 2.45) is 5.92 Å². The summed E-state index contributed by atoms with van der Waals surface area (Å²) in [6, 6.07) is 0. The van der Waals surface area contributed by atoms with Gasteiger partial charge in [0, 0.05) is 12.2 Å². The number of rotatable bonds is 0. The van der Waals surface area contributed by atoms with E-state index in [2.05, 4.69) is 6.92 Å². The normalized spacial score (nSPS) is 31.6. The number of hydrogen-bond donors (Lipinski definition) is 0. The van der Waals surface area contributed by atoms with Crippen LogP contribution >= 0.6 is 11.8 Å². The van der Waals surface area contributed by atoms with Crippen LogP contribution in [0.25, 0.3) is 0 Å². The van der Waals surface area contributed by atoms with Gasteiger partial charge in [0.25, 0.3) is 0 Å². The summed E-state index contributed by atoms with van der Waals surface area (Å²) in [5, 5.41) is 0.368. The Morgan fingerprint density at radius 1 is 1.86 bits per heavy atom. The largest absolute Gasteiger partial charge is 0.287 e. The monoisotopic (exact) mass is 116 g/mol. The maximum atomic E-state index is 10.4. The Bertz CT molecular complexity index is 90.1. The van der Waals surface area contributed by atoms with Gasteiger partial charge in [-0.1, -0.05) is 18.7 Å². The van der Waals surface area contributed by atoms with E-state index in [4.69, 9.17) is 0 Å². The molecular weight excluding hydrogens is 108 g/mol. The second-order valence-electron chi connectivity index (χ2n) is 1.99. The molecule has 0 amide bonds. The van der Waals surface area contributed by atoms with Gasteiger partial charge >= 0.3 is 0 Å². The summed E-state index contributed by atoms with van der Waals surface area (Å²) in [5.74, 6) is 1.68. The first-order chi connectivity index (χ1) is 3.29. The lowest BCUT2D eigenvalue weighted by atomic mass is 10.2. The van der Waals surface area contributed by atoms with E-state index < -0.39 is 0 Å². The van der Waals surface area contributed by atoms with Gasteiger partial charge < -0.3 is 0 Å². The van der Waals surface area contributed by atoms with Crippen LogP contribution < -0.4 is 0 Å². The molecule has 0 aromatic carbocycles. The summed E-state index contributed by atoms with van der Waals surface area (Å²) >= 11 is 1.47. The lowest BCUT2D eigenvalue weighted by molar-refractivity contribution is -0.110. The molecule has 1 heterocycles. The number of carbonyl (C=O) groups is 1. The molecule has 7 heavy (non-hydrogen) atoms. The Balaban J connectivity index is 2.40. The number of hydrogen-bond acceptors (Lipinski definition) is 2. The molecule has 1 nitrogen and oxygen atoms in total. The van der Waals surface area contributed by atoms with Gasteiger partial charge in [0.1, 0.15) is 0 Å². The Morgan fingerprint density at radius 3 is 2.71 bits per heavy atom. The molecule has 1 aliphatic rings. The van der Waals surface area contributed by atoms with E-state index in [1.54, 1.807) is 0 Å². The predicted octanol–water partition coefficient (Wildman–Crippen LogP) is 1.29. The van der Waals surface area contributed by atoms with E-state index in [0.717, 1.165) is 12.2 Å². The molecule has 0 aliphatic carbocycles. The zero-order chi connectivity index (χ0) is 5.28. The summed E-state index contributed by atoms with van der Waals surface area (Å²) in [4.78, 5) is 10.4. The van der Waals surface area contributed by atoms with Crippen molar-refractivity contribution < 1.29 is 4.79 Å². The van der Waals surface area contributed by atoms with Crippen molar-refractivity contribution in [1.29, 1.82) is 0 Å². The molecule has 0 bridgehead atoms. The van der Waals surface area contributed by atoms with Crippen LogP contribution in [0.4, 0.5) is 0 Å². The van der Waals surface area contributed by atoms with Gasteiger partial charge in [-0.2, -0.15) is 0 Å². The standard InChI is InChI=1S/C5H8OS/c1-4-2-5(6)7-3-4/h4H,2-3H2,1H3. The second-order valence-corrected chi connectivity index (χ2v) is 3.07. The number of carbonyl (C=O) groups excluding carboxylic acids is 1. The zero-order valence-electron chi connectivity index (χ0n) is 4.31. The van der Waals surface area contributed by atoms with Crippen molar-refractivity contribution in [3.05, 3.63) is 0 Å². The molecule has 1 rings (SSSR count). The molecule has 0 saturated carbocycles. The van der Waals surface area contributed by atoms with Gasteiger partial charge in [0.2, 0.25) is 0 Å². The molecule has 2 heteroatoms. The molecule has 40 valence electrons. The lowest BCUT2D eigenvalue weighted by Crippen LogP contribution is -1.88. The Labute approximate surface area is 47.5 Å². The molecule has 1 fully saturated rings. The summed E-state index contributed by atoms with van der Waals surface area (Å²) in [5.41, 5.74) is 0. The van der Waals surface area contributed by atoms with Crippen LogP contribution in [0.15, 0.2) is 0 Å². The molecule has 0 radical (unpaired) electrons. The summed E-state index contributed by atoms with van der Waals surface area (Å²) in [6.07, 6.45) is 0.796. The Kier molecular flexibility index (Phi) is 1.38. The highest BCUT2D eigenvalue weighted by Crippen LogP contribution is 2.23. The van der Waals surface area contributed by atoms with Gasteiger partial charge in [-0.05, 0) is 5.92 Å². The van der Waals surface area contributed by atoms with Crippen LogP contribution in [0.2, 0.25) is 0 Å². The first-order valence-electron chi connectivity index (χ1n) is 2.44. The first kappa shape index (κ1) is 5.16. The average molecular weight is 116 g/mol. The molecule has 0 N–H and O–H groups in total. The predicted molar refractivity (Wildman–Crippen MR) is 31.2 cm³/mol. The summed E-state index contributed by atoms with van der Waals surface area (Å²) < 4.78 is 0. The zero-order valence-corrected chi connectivity index (χ0v) is 5.12. The van der Waals surface area contributed by atoms with Crippen molar-refractivity contribution in [3.63, 3.8) is 0 Å². The third-order valence-electron chi connectivity index (χ3n) is 1.04. The molecule has 0 aromatic heterocycles. The minimum absolute atomic E-state index is 0.368. The fourth-order valence-corrected chi connectivity index (χ4v) is 1.63. The lowest BCUT2D eigenvalue weighted by Gasteiger charge is -1.88. The minimum Gasteiger partial charge on any atom is -0.287 e. The van der Waals surface area contributed by atoms with Gasteiger partial charge in [-0.15, -0.1) is 0 Å². The van der Waals surface area contributed by atoms with Crippen molar-refractivity contribution >= 4 is 16.9 Å². The van der Waals surface area contributed by atoms with Crippen LogP contribution in [0, 0.1) is 5.92 Å². The van der Waals surface area contributed by atoms with Crippen molar-refractivity contribution in [3.8, 4) is 0 Å². The molecular formula is C5H8OS. The van der Waals surface area contributed by atoms with Gasteiger partial charge in [-0.25, -0.2) is 0 Å². The van der Waals surface area contributed by atoms with E-state index in [-0.39, 0.29) is 0 Å². The third kappa shape index (κ3) is 1.20.